The fourth-order valence-electron chi connectivity index (χ4n) is 1.16. The van der Waals surface area contributed by atoms with E-state index in [0.29, 0.717) is 9.88 Å². The van der Waals surface area contributed by atoms with Crippen LogP contribution in [0, 0.1) is 6.92 Å². The van der Waals surface area contributed by atoms with E-state index in [4.69, 9.17) is 4.74 Å². The highest BCUT2D eigenvalue weighted by Gasteiger charge is 2.27. The maximum Gasteiger partial charge on any atom is 0.411 e. The maximum absolute atomic E-state index is 11.9. The van der Waals surface area contributed by atoms with E-state index in [1.807, 2.05) is 0 Å². The Labute approximate surface area is 106 Å². The van der Waals surface area contributed by atoms with Crippen molar-refractivity contribution in [2.45, 2.75) is 26.6 Å². The van der Waals surface area contributed by atoms with Gasteiger partial charge in [0.2, 0.25) is 0 Å². The second-order valence-electron chi connectivity index (χ2n) is 3.34. The van der Waals surface area contributed by atoms with Crippen LogP contribution < -0.4 is 0 Å². The van der Waals surface area contributed by atoms with Crippen LogP contribution in [0.3, 0.4) is 0 Å². The summed E-state index contributed by atoms with van der Waals surface area (Å²) in [5.41, 5.74) is 0.132. The van der Waals surface area contributed by atoms with Crippen LogP contribution in [-0.2, 0) is 16.1 Å². The Bertz CT molecular complexity index is 417. The molecule has 4 nitrogen and oxygen atoms in total. The van der Waals surface area contributed by atoms with E-state index in [-0.39, 0.29) is 18.9 Å². The van der Waals surface area contributed by atoms with Crippen LogP contribution >= 0.6 is 11.3 Å². The van der Waals surface area contributed by atoms with Gasteiger partial charge < -0.3 is 9.47 Å². The number of halogens is 3. The normalized spacial score (nSPS) is 11.6. The number of aryl methyl sites for hydroxylation is 1. The zero-order valence-electron chi connectivity index (χ0n) is 9.84. The van der Waals surface area contributed by atoms with Crippen molar-refractivity contribution in [3.05, 3.63) is 15.6 Å². The largest absolute Gasteiger partial charge is 0.461 e. The summed E-state index contributed by atoms with van der Waals surface area (Å²) in [6.45, 7) is 1.92. The molecular formula is C10H12F3NO3S. The number of carbonyl (C=O) groups is 1. The van der Waals surface area contributed by atoms with Crippen molar-refractivity contribution in [1.29, 1.82) is 0 Å². The molecule has 1 rings (SSSR count). The third-order valence-corrected chi connectivity index (χ3v) is 2.75. The van der Waals surface area contributed by atoms with Crippen LogP contribution in [0.2, 0.25) is 0 Å². The lowest BCUT2D eigenvalue weighted by atomic mass is 10.4. The average molecular weight is 283 g/mol. The maximum atomic E-state index is 11.9. The fourth-order valence-corrected chi connectivity index (χ4v) is 2.01. The first-order valence-electron chi connectivity index (χ1n) is 5.11. The zero-order chi connectivity index (χ0) is 13.8. The van der Waals surface area contributed by atoms with Gasteiger partial charge in [0, 0.05) is 4.88 Å². The summed E-state index contributed by atoms with van der Waals surface area (Å²) in [5.74, 6) is -0.576. The number of alkyl halides is 3. The van der Waals surface area contributed by atoms with Gasteiger partial charge in [-0.3, -0.25) is 0 Å². The number of esters is 1. The topological polar surface area (TPSA) is 48.4 Å². The molecule has 0 N–H and O–H groups in total. The third-order valence-electron chi connectivity index (χ3n) is 1.80. The van der Waals surface area contributed by atoms with Gasteiger partial charge in [-0.1, -0.05) is 0 Å². The van der Waals surface area contributed by atoms with Crippen LogP contribution in [0.1, 0.15) is 27.3 Å². The zero-order valence-corrected chi connectivity index (χ0v) is 10.7. The van der Waals surface area contributed by atoms with Gasteiger partial charge in [-0.2, -0.15) is 13.2 Å². The predicted octanol–water partition coefficient (Wildman–Crippen LogP) is 2.71. The molecule has 0 aliphatic carbocycles. The lowest BCUT2D eigenvalue weighted by molar-refractivity contribution is -0.176. The molecule has 0 radical (unpaired) electrons. The number of hydrogen-bond donors (Lipinski definition) is 0. The first kappa shape index (κ1) is 14.9. The van der Waals surface area contributed by atoms with Gasteiger partial charge in [0.15, 0.2) is 5.69 Å². The number of nitrogens with zero attached hydrogens (tertiary/aromatic N) is 1. The van der Waals surface area contributed by atoms with E-state index < -0.39 is 18.8 Å². The molecule has 0 aliphatic rings. The van der Waals surface area contributed by atoms with Crippen molar-refractivity contribution < 1.29 is 27.4 Å². The van der Waals surface area contributed by atoms with E-state index in [0.717, 1.165) is 11.3 Å². The third kappa shape index (κ3) is 4.61. The summed E-state index contributed by atoms with van der Waals surface area (Å²) in [4.78, 5) is 15.9. The Morgan fingerprint density at radius 1 is 1.44 bits per heavy atom. The molecule has 1 heterocycles. The first-order valence-corrected chi connectivity index (χ1v) is 5.93. The molecule has 1 aromatic rings. The monoisotopic (exact) mass is 283 g/mol. The van der Waals surface area contributed by atoms with E-state index in [9.17, 15) is 18.0 Å². The molecule has 0 atom stereocenters. The molecule has 0 bridgehead atoms. The van der Waals surface area contributed by atoms with Crippen molar-refractivity contribution >= 4 is 17.3 Å². The second kappa shape index (κ2) is 6.14. The summed E-state index contributed by atoms with van der Waals surface area (Å²) in [6, 6.07) is 0. The van der Waals surface area contributed by atoms with E-state index >= 15 is 0 Å². The molecule has 0 unspecified atom stereocenters. The summed E-state index contributed by atoms with van der Waals surface area (Å²) in [7, 11) is 0. The molecule has 102 valence electrons. The van der Waals surface area contributed by atoms with Crippen molar-refractivity contribution in [2.24, 2.45) is 0 Å². The van der Waals surface area contributed by atoms with Crippen molar-refractivity contribution in [3.63, 3.8) is 0 Å². The Morgan fingerprint density at radius 3 is 2.67 bits per heavy atom. The van der Waals surface area contributed by atoms with Gasteiger partial charge in [-0.25, -0.2) is 9.78 Å². The molecule has 18 heavy (non-hydrogen) atoms. The smallest absolute Gasteiger partial charge is 0.411 e. The van der Waals surface area contributed by atoms with Gasteiger partial charge in [-0.15, -0.1) is 11.3 Å². The lowest BCUT2D eigenvalue weighted by Crippen LogP contribution is -2.16. The standard InChI is InChI=1S/C10H12F3NO3S/c1-3-17-9(15)8-6(2)18-7(14-8)4-16-5-10(11,12)13/h3-5H2,1-2H3. The first-order chi connectivity index (χ1) is 8.33. The Kier molecular flexibility index (Phi) is 5.09. The molecule has 0 amide bonds. The highest BCUT2D eigenvalue weighted by atomic mass is 32.1. The molecule has 0 saturated carbocycles. The van der Waals surface area contributed by atoms with Gasteiger partial charge in [0.25, 0.3) is 0 Å². The molecule has 0 spiro atoms. The Balaban J connectivity index is 2.59. The fraction of sp³-hybridized carbons (Fsp3) is 0.600. The van der Waals surface area contributed by atoms with Crippen LogP contribution in [-0.4, -0.2) is 30.3 Å². The molecule has 0 fully saturated rings. The molecular weight excluding hydrogens is 271 g/mol. The van der Waals surface area contributed by atoms with Gasteiger partial charge in [0.05, 0.1) is 13.2 Å². The molecule has 0 aromatic carbocycles. The van der Waals surface area contributed by atoms with E-state index in [1.54, 1.807) is 13.8 Å². The number of rotatable bonds is 5. The van der Waals surface area contributed by atoms with Crippen molar-refractivity contribution in [3.8, 4) is 0 Å². The van der Waals surface area contributed by atoms with E-state index in [2.05, 4.69) is 9.72 Å². The van der Waals surface area contributed by atoms with Gasteiger partial charge >= 0.3 is 12.1 Å². The number of thiazole rings is 1. The summed E-state index contributed by atoms with van der Waals surface area (Å²) in [5, 5.41) is 0.319. The quantitative estimate of drug-likeness (QED) is 0.780. The predicted molar refractivity (Wildman–Crippen MR) is 58.5 cm³/mol. The van der Waals surface area contributed by atoms with Crippen LogP contribution in [0.25, 0.3) is 0 Å². The van der Waals surface area contributed by atoms with Gasteiger partial charge in [0.1, 0.15) is 11.6 Å². The van der Waals surface area contributed by atoms with Crippen LogP contribution in [0.4, 0.5) is 13.2 Å². The second-order valence-corrected chi connectivity index (χ2v) is 4.63. The highest BCUT2D eigenvalue weighted by molar-refractivity contribution is 7.11. The molecule has 1 aromatic heterocycles. The minimum absolute atomic E-state index is 0.132. The molecule has 0 saturated heterocycles. The van der Waals surface area contributed by atoms with Crippen molar-refractivity contribution in [2.75, 3.05) is 13.2 Å². The summed E-state index contributed by atoms with van der Waals surface area (Å²) < 4.78 is 44.8. The minimum atomic E-state index is -4.36. The minimum Gasteiger partial charge on any atom is -0.461 e. The number of aromatic nitrogens is 1. The Morgan fingerprint density at radius 2 is 2.11 bits per heavy atom. The molecule has 0 aliphatic heterocycles. The summed E-state index contributed by atoms with van der Waals surface area (Å²) in [6.07, 6.45) is -4.36. The average Bonchev–Trinajstić information content (AvgIpc) is 2.58. The number of carbonyl (C=O) groups excluding carboxylic acids is 1. The number of ether oxygens (including phenoxy) is 2. The lowest BCUT2D eigenvalue weighted by Gasteiger charge is -2.05. The SMILES string of the molecule is CCOC(=O)c1nc(COCC(F)(F)F)sc1C. The van der Waals surface area contributed by atoms with Gasteiger partial charge in [-0.05, 0) is 13.8 Å². The van der Waals surface area contributed by atoms with Crippen LogP contribution in [0.15, 0.2) is 0 Å². The summed E-state index contributed by atoms with van der Waals surface area (Å²) >= 11 is 1.11. The Hall–Kier alpha value is -1.15. The molecule has 8 heteroatoms. The number of hydrogen-bond acceptors (Lipinski definition) is 5. The van der Waals surface area contributed by atoms with E-state index in [1.165, 1.54) is 0 Å². The highest BCUT2D eigenvalue weighted by Crippen LogP contribution is 2.20. The van der Waals surface area contributed by atoms with Crippen LogP contribution in [0.5, 0.6) is 0 Å². The van der Waals surface area contributed by atoms with Crippen molar-refractivity contribution in [1.82, 2.24) is 4.98 Å².